The first-order valence-corrected chi connectivity index (χ1v) is 6.43. The van der Waals surface area contributed by atoms with Gasteiger partial charge in [0, 0.05) is 11.5 Å². The third-order valence-corrected chi connectivity index (χ3v) is 3.14. The second-order valence-electron chi connectivity index (χ2n) is 4.45. The summed E-state index contributed by atoms with van der Waals surface area (Å²) in [6.07, 6.45) is 1.05. The summed E-state index contributed by atoms with van der Waals surface area (Å²) >= 11 is 0. The largest absolute Gasteiger partial charge is 0.0897 e. The molecule has 2 aromatic rings. The van der Waals surface area contributed by atoms with Crippen LogP contribution < -0.4 is 0 Å². The summed E-state index contributed by atoms with van der Waals surface area (Å²) in [6, 6.07) is 18.7. The van der Waals surface area contributed by atoms with Crippen molar-refractivity contribution in [3.63, 3.8) is 0 Å². The highest BCUT2D eigenvalue weighted by Crippen LogP contribution is 2.22. The molecular formula is C18H18. The zero-order chi connectivity index (χ0) is 12.8. The molecule has 0 aromatic heterocycles. The number of aryl methyl sites for hydroxylation is 1. The molecule has 0 aliphatic carbocycles. The molecule has 0 aliphatic heterocycles. The second-order valence-corrected chi connectivity index (χ2v) is 4.45. The molecule has 0 saturated heterocycles. The third-order valence-electron chi connectivity index (χ3n) is 3.14. The predicted molar refractivity (Wildman–Crippen MR) is 77.5 cm³/mol. The molecule has 1 atom stereocenters. The smallest absolute Gasteiger partial charge is 0.0456 e. The topological polar surface area (TPSA) is 0 Å². The first-order chi connectivity index (χ1) is 8.81. The van der Waals surface area contributed by atoms with Gasteiger partial charge in [-0.25, -0.2) is 0 Å². The lowest BCUT2D eigenvalue weighted by Gasteiger charge is -2.11. The van der Waals surface area contributed by atoms with Gasteiger partial charge in [0.2, 0.25) is 0 Å². The summed E-state index contributed by atoms with van der Waals surface area (Å²) in [5.41, 5.74) is 3.76. The number of benzene rings is 2. The Hall–Kier alpha value is -2.00. The molecule has 0 bridgehead atoms. The van der Waals surface area contributed by atoms with Gasteiger partial charge >= 0.3 is 0 Å². The number of hydrogen-bond acceptors (Lipinski definition) is 0. The SMILES string of the molecule is CCC(C#Cc1ccccc1)c1ccccc1C. The maximum atomic E-state index is 3.39. The van der Waals surface area contributed by atoms with E-state index in [1.807, 2.05) is 18.2 Å². The molecule has 18 heavy (non-hydrogen) atoms. The summed E-state index contributed by atoms with van der Waals surface area (Å²) in [7, 11) is 0. The van der Waals surface area contributed by atoms with E-state index in [4.69, 9.17) is 0 Å². The Balaban J connectivity index is 2.26. The van der Waals surface area contributed by atoms with Crippen molar-refractivity contribution in [3.8, 4) is 11.8 Å². The average Bonchev–Trinajstić information content (AvgIpc) is 2.42. The van der Waals surface area contributed by atoms with Crippen LogP contribution in [0.3, 0.4) is 0 Å². The minimum Gasteiger partial charge on any atom is -0.0897 e. The Morgan fingerprint density at radius 1 is 0.944 bits per heavy atom. The van der Waals surface area contributed by atoms with E-state index >= 15 is 0 Å². The molecular weight excluding hydrogens is 216 g/mol. The van der Waals surface area contributed by atoms with Crippen LogP contribution in [0.2, 0.25) is 0 Å². The van der Waals surface area contributed by atoms with Crippen LogP contribution >= 0.6 is 0 Å². The van der Waals surface area contributed by atoms with Gasteiger partial charge in [-0.2, -0.15) is 0 Å². The van der Waals surface area contributed by atoms with Crippen molar-refractivity contribution in [2.45, 2.75) is 26.2 Å². The maximum Gasteiger partial charge on any atom is 0.0456 e. The van der Waals surface area contributed by atoms with Crippen molar-refractivity contribution in [1.82, 2.24) is 0 Å². The molecule has 0 fully saturated rings. The van der Waals surface area contributed by atoms with Gasteiger partial charge in [-0.05, 0) is 36.6 Å². The first kappa shape index (κ1) is 12.5. The Morgan fingerprint density at radius 2 is 1.61 bits per heavy atom. The van der Waals surface area contributed by atoms with Crippen molar-refractivity contribution in [1.29, 1.82) is 0 Å². The standard InChI is InChI=1S/C18H18/c1-3-17(18-12-8-7-9-15(18)2)14-13-16-10-5-4-6-11-16/h4-12,17H,3H2,1-2H3. The fourth-order valence-corrected chi connectivity index (χ4v) is 2.07. The number of rotatable bonds is 2. The Morgan fingerprint density at radius 3 is 2.28 bits per heavy atom. The van der Waals surface area contributed by atoms with E-state index in [-0.39, 0.29) is 0 Å². The van der Waals surface area contributed by atoms with Crippen molar-refractivity contribution >= 4 is 0 Å². The van der Waals surface area contributed by atoms with Crippen molar-refractivity contribution in [3.05, 3.63) is 71.3 Å². The highest BCUT2D eigenvalue weighted by atomic mass is 14.1. The van der Waals surface area contributed by atoms with E-state index in [0.29, 0.717) is 5.92 Å². The van der Waals surface area contributed by atoms with E-state index in [1.165, 1.54) is 11.1 Å². The van der Waals surface area contributed by atoms with E-state index in [9.17, 15) is 0 Å². The monoisotopic (exact) mass is 234 g/mol. The predicted octanol–water partition coefficient (Wildman–Crippen LogP) is 4.54. The van der Waals surface area contributed by atoms with Crippen molar-refractivity contribution < 1.29 is 0 Å². The summed E-state index contributed by atoms with van der Waals surface area (Å²) in [6.45, 7) is 4.35. The summed E-state index contributed by atoms with van der Waals surface area (Å²) in [5, 5.41) is 0. The van der Waals surface area contributed by atoms with Gasteiger partial charge in [0.1, 0.15) is 0 Å². The first-order valence-electron chi connectivity index (χ1n) is 6.43. The summed E-state index contributed by atoms with van der Waals surface area (Å²) in [4.78, 5) is 0. The van der Waals surface area contributed by atoms with Crippen LogP contribution in [0, 0.1) is 18.8 Å². The molecule has 0 heterocycles. The van der Waals surface area contributed by atoms with E-state index in [2.05, 4.69) is 62.1 Å². The van der Waals surface area contributed by atoms with E-state index in [0.717, 1.165) is 12.0 Å². The Labute approximate surface area is 110 Å². The molecule has 0 nitrogen and oxygen atoms in total. The lowest BCUT2D eigenvalue weighted by molar-refractivity contribution is 0.823. The molecule has 2 rings (SSSR count). The van der Waals surface area contributed by atoms with Gasteiger partial charge in [-0.1, -0.05) is 61.2 Å². The lowest BCUT2D eigenvalue weighted by Crippen LogP contribution is -1.96. The fourth-order valence-electron chi connectivity index (χ4n) is 2.07. The van der Waals surface area contributed by atoms with Crippen LogP contribution in [0.25, 0.3) is 0 Å². The summed E-state index contributed by atoms with van der Waals surface area (Å²) in [5.74, 6) is 6.99. The normalized spacial score (nSPS) is 11.4. The van der Waals surface area contributed by atoms with Crippen LogP contribution in [-0.4, -0.2) is 0 Å². The van der Waals surface area contributed by atoms with Crippen LogP contribution in [0.4, 0.5) is 0 Å². The van der Waals surface area contributed by atoms with Gasteiger partial charge in [0.05, 0.1) is 0 Å². The minimum absolute atomic E-state index is 0.325. The van der Waals surface area contributed by atoms with Crippen LogP contribution in [0.5, 0.6) is 0 Å². The highest BCUT2D eigenvalue weighted by molar-refractivity contribution is 5.40. The summed E-state index contributed by atoms with van der Waals surface area (Å²) < 4.78 is 0. The van der Waals surface area contributed by atoms with Crippen LogP contribution in [-0.2, 0) is 0 Å². The Bertz CT molecular complexity index is 555. The third kappa shape index (κ3) is 3.02. The van der Waals surface area contributed by atoms with Gasteiger partial charge in [-0.15, -0.1) is 0 Å². The van der Waals surface area contributed by atoms with E-state index in [1.54, 1.807) is 0 Å². The highest BCUT2D eigenvalue weighted by Gasteiger charge is 2.07. The molecule has 0 saturated carbocycles. The molecule has 0 radical (unpaired) electrons. The zero-order valence-electron chi connectivity index (χ0n) is 11.0. The quantitative estimate of drug-likeness (QED) is 0.669. The number of hydrogen-bond donors (Lipinski definition) is 0. The molecule has 2 aromatic carbocycles. The Kier molecular flexibility index (Phi) is 4.20. The molecule has 0 aliphatic rings. The molecule has 0 N–H and O–H groups in total. The molecule has 90 valence electrons. The van der Waals surface area contributed by atoms with Crippen LogP contribution in [0.1, 0.15) is 36.0 Å². The van der Waals surface area contributed by atoms with Gasteiger partial charge in [0.25, 0.3) is 0 Å². The average molecular weight is 234 g/mol. The fraction of sp³-hybridized carbons (Fsp3) is 0.222. The van der Waals surface area contributed by atoms with Crippen molar-refractivity contribution in [2.24, 2.45) is 0 Å². The lowest BCUT2D eigenvalue weighted by atomic mass is 9.93. The van der Waals surface area contributed by atoms with Crippen LogP contribution in [0.15, 0.2) is 54.6 Å². The van der Waals surface area contributed by atoms with E-state index < -0.39 is 0 Å². The molecule has 0 spiro atoms. The van der Waals surface area contributed by atoms with Gasteiger partial charge in [0.15, 0.2) is 0 Å². The van der Waals surface area contributed by atoms with Gasteiger partial charge in [-0.3, -0.25) is 0 Å². The second kappa shape index (κ2) is 6.07. The molecule has 0 heteroatoms. The van der Waals surface area contributed by atoms with Crippen molar-refractivity contribution in [2.75, 3.05) is 0 Å². The minimum atomic E-state index is 0.325. The zero-order valence-corrected chi connectivity index (χ0v) is 11.0. The van der Waals surface area contributed by atoms with Gasteiger partial charge < -0.3 is 0 Å². The maximum absolute atomic E-state index is 3.39. The molecule has 0 amide bonds. The molecule has 1 unspecified atom stereocenters.